The number of benzene rings is 7. The van der Waals surface area contributed by atoms with E-state index in [4.69, 9.17) is 0 Å². The van der Waals surface area contributed by atoms with Crippen LogP contribution in [-0.2, 0) is 0 Å². The predicted octanol–water partition coefficient (Wildman–Crippen LogP) is 13.4. The zero-order valence-corrected chi connectivity index (χ0v) is 29.0. The standard InChI is InChI=1S/C50H38N2/c1-2-12-35(13-3-1)37-22-28-41(29-23-37)51(43-32-24-36-14-4-5-16-40(36)34-43)42-30-25-39(26-31-42)44-17-8-10-20-48(44)52-49-21-11-9-19-46(49)47-33-27-38-15-6-7-18-45(38)50(47)52/h1-2,4-12,14-30,32-34,42H,3,13,31H2. The molecule has 0 aliphatic heterocycles. The van der Waals surface area contributed by atoms with Crippen LogP contribution < -0.4 is 4.90 Å². The van der Waals surface area contributed by atoms with Crippen molar-refractivity contribution in [2.24, 2.45) is 0 Å². The molecular formula is C50H38N2. The van der Waals surface area contributed by atoms with Gasteiger partial charge in [0.1, 0.15) is 0 Å². The Labute approximate surface area is 304 Å². The molecule has 2 nitrogen and oxygen atoms in total. The first kappa shape index (κ1) is 30.4. The summed E-state index contributed by atoms with van der Waals surface area (Å²) in [5.41, 5.74) is 11.3. The number of rotatable bonds is 6. The molecule has 0 N–H and O–H groups in total. The quantitative estimate of drug-likeness (QED) is 0.171. The predicted molar refractivity (Wildman–Crippen MR) is 223 cm³/mol. The molecule has 8 aromatic rings. The van der Waals surface area contributed by atoms with E-state index in [-0.39, 0.29) is 6.04 Å². The minimum absolute atomic E-state index is 0.164. The molecule has 0 spiro atoms. The average molecular weight is 667 g/mol. The summed E-state index contributed by atoms with van der Waals surface area (Å²) < 4.78 is 2.49. The molecule has 0 saturated carbocycles. The molecule has 0 radical (unpaired) electrons. The van der Waals surface area contributed by atoms with E-state index >= 15 is 0 Å². The van der Waals surface area contributed by atoms with Gasteiger partial charge in [0.05, 0.1) is 22.8 Å². The minimum atomic E-state index is 0.164. The summed E-state index contributed by atoms with van der Waals surface area (Å²) in [4.78, 5) is 2.51. The second-order valence-electron chi connectivity index (χ2n) is 14.0. The molecule has 2 aliphatic rings. The minimum Gasteiger partial charge on any atom is -0.334 e. The van der Waals surface area contributed by atoms with Gasteiger partial charge in [-0.2, -0.15) is 0 Å². The van der Waals surface area contributed by atoms with Gasteiger partial charge in [0.25, 0.3) is 0 Å². The number of hydrogen-bond donors (Lipinski definition) is 0. The Morgan fingerprint density at radius 2 is 1.33 bits per heavy atom. The summed E-state index contributed by atoms with van der Waals surface area (Å²) in [6, 6.07) is 55.9. The van der Waals surface area contributed by atoms with Crippen LogP contribution in [0.25, 0.3) is 60.2 Å². The highest BCUT2D eigenvalue weighted by Crippen LogP contribution is 2.40. The third-order valence-electron chi connectivity index (χ3n) is 11.0. The Bertz CT molecular complexity index is 2770. The van der Waals surface area contributed by atoms with Crippen molar-refractivity contribution in [2.75, 3.05) is 4.90 Å². The van der Waals surface area contributed by atoms with Gasteiger partial charge in [-0.05, 0) is 88.5 Å². The van der Waals surface area contributed by atoms with Crippen molar-refractivity contribution < 1.29 is 0 Å². The Kier molecular flexibility index (Phi) is 7.46. The van der Waals surface area contributed by atoms with E-state index in [1.807, 2.05) is 0 Å². The van der Waals surface area contributed by atoms with Gasteiger partial charge in [0, 0.05) is 33.1 Å². The van der Waals surface area contributed by atoms with Crippen molar-refractivity contribution in [2.45, 2.75) is 25.3 Å². The summed E-state index contributed by atoms with van der Waals surface area (Å²) in [7, 11) is 0. The van der Waals surface area contributed by atoms with Crippen LogP contribution >= 0.6 is 0 Å². The second kappa shape index (κ2) is 12.7. The first-order valence-electron chi connectivity index (χ1n) is 18.4. The molecule has 7 aromatic carbocycles. The lowest BCUT2D eigenvalue weighted by Crippen LogP contribution is -2.30. The summed E-state index contributed by atoms with van der Waals surface area (Å²) in [5.74, 6) is 0. The van der Waals surface area contributed by atoms with Crippen molar-refractivity contribution in [3.63, 3.8) is 0 Å². The average Bonchev–Trinajstić information content (AvgIpc) is 3.57. The normalized spacial score (nSPS) is 15.7. The highest BCUT2D eigenvalue weighted by molar-refractivity contribution is 6.18. The molecule has 0 saturated heterocycles. The molecule has 0 amide bonds. The highest BCUT2D eigenvalue weighted by Gasteiger charge is 2.23. The van der Waals surface area contributed by atoms with Crippen molar-refractivity contribution in [3.05, 3.63) is 199 Å². The lowest BCUT2D eigenvalue weighted by molar-refractivity contribution is 0.787. The number of allylic oxidation sites excluding steroid dienone is 6. The topological polar surface area (TPSA) is 8.17 Å². The van der Waals surface area contributed by atoms with Crippen molar-refractivity contribution in [3.8, 4) is 5.69 Å². The van der Waals surface area contributed by atoms with Crippen LogP contribution in [-0.4, -0.2) is 10.6 Å². The van der Waals surface area contributed by atoms with E-state index in [2.05, 4.69) is 198 Å². The van der Waals surface area contributed by atoms with Gasteiger partial charge in [-0.3, -0.25) is 0 Å². The van der Waals surface area contributed by atoms with Crippen LogP contribution in [0.15, 0.2) is 188 Å². The molecule has 1 atom stereocenters. The Morgan fingerprint density at radius 1 is 0.596 bits per heavy atom. The fourth-order valence-corrected chi connectivity index (χ4v) is 8.43. The van der Waals surface area contributed by atoms with E-state index in [0.717, 1.165) is 19.3 Å². The van der Waals surface area contributed by atoms with Gasteiger partial charge in [-0.25, -0.2) is 0 Å². The van der Waals surface area contributed by atoms with Crippen LogP contribution in [0, 0.1) is 0 Å². The van der Waals surface area contributed by atoms with Crippen LogP contribution in [0.4, 0.5) is 11.4 Å². The molecule has 1 aromatic heterocycles. The second-order valence-corrected chi connectivity index (χ2v) is 14.0. The number of hydrogen-bond acceptors (Lipinski definition) is 1. The Balaban J connectivity index is 1.06. The number of para-hydroxylation sites is 2. The first-order chi connectivity index (χ1) is 25.8. The third kappa shape index (κ3) is 5.18. The fraction of sp³-hybridized carbons (Fsp3) is 0.0800. The number of nitrogens with zero attached hydrogens (tertiary/aromatic N) is 2. The van der Waals surface area contributed by atoms with Gasteiger partial charge in [-0.1, -0.05) is 152 Å². The van der Waals surface area contributed by atoms with Crippen LogP contribution in [0.1, 0.15) is 30.4 Å². The van der Waals surface area contributed by atoms with Gasteiger partial charge >= 0.3 is 0 Å². The number of fused-ring (bicyclic) bond motifs is 6. The maximum atomic E-state index is 2.51. The molecule has 2 heteroatoms. The van der Waals surface area contributed by atoms with Gasteiger partial charge in [-0.15, -0.1) is 0 Å². The fourth-order valence-electron chi connectivity index (χ4n) is 8.43. The van der Waals surface area contributed by atoms with Gasteiger partial charge < -0.3 is 9.47 Å². The summed E-state index contributed by atoms with van der Waals surface area (Å²) >= 11 is 0. The zero-order chi connectivity index (χ0) is 34.4. The van der Waals surface area contributed by atoms with E-state index in [1.165, 1.54) is 82.7 Å². The summed E-state index contributed by atoms with van der Waals surface area (Å²) in [6.45, 7) is 0. The molecule has 2 aliphatic carbocycles. The lowest BCUT2D eigenvalue weighted by Gasteiger charge is -2.34. The molecular weight excluding hydrogens is 629 g/mol. The first-order valence-corrected chi connectivity index (χ1v) is 18.4. The molecule has 0 fully saturated rings. The van der Waals surface area contributed by atoms with Gasteiger partial charge in [0.15, 0.2) is 0 Å². The van der Waals surface area contributed by atoms with E-state index in [0.29, 0.717) is 0 Å². The monoisotopic (exact) mass is 666 g/mol. The SMILES string of the molecule is C1=CCCC(c2ccc(N(c3ccc4ccccc4c3)C3C=CC(c4ccccc4-n4c5ccccc5c5ccc6ccccc6c54)=CC3)cc2)=C1. The molecule has 1 unspecified atom stereocenters. The molecule has 10 rings (SSSR count). The zero-order valence-electron chi connectivity index (χ0n) is 29.0. The smallest absolute Gasteiger partial charge is 0.0619 e. The maximum absolute atomic E-state index is 2.51. The number of anilines is 2. The van der Waals surface area contributed by atoms with E-state index in [1.54, 1.807) is 0 Å². The van der Waals surface area contributed by atoms with Crippen LogP contribution in [0.3, 0.4) is 0 Å². The lowest BCUT2D eigenvalue weighted by atomic mass is 9.93. The maximum Gasteiger partial charge on any atom is 0.0619 e. The largest absolute Gasteiger partial charge is 0.334 e. The molecule has 52 heavy (non-hydrogen) atoms. The summed E-state index contributed by atoms with van der Waals surface area (Å²) in [6.07, 6.45) is 17.0. The Hall–Kier alpha value is -6.38. The number of aromatic nitrogens is 1. The van der Waals surface area contributed by atoms with Gasteiger partial charge in [0.2, 0.25) is 0 Å². The Morgan fingerprint density at radius 3 is 2.15 bits per heavy atom. The van der Waals surface area contributed by atoms with Crippen molar-refractivity contribution >= 4 is 65.9 Å². The molecule has 0 bridgehead atoms. The van der Waals surface area contributed by atoms with E-state index in [9.17, 15) is 0 Å². The van der Waals surface area contributed by atoms with Crippen LogP contribution in [0.2, 0.25) is 0 Å². The van der Waals surface area contributed by atoms with Crippen LogP contribution in [0.5, 0.6) is 0 Å². The summed E-state index contributed by atoms with van der Waals surface area (Å²) in [5, 5.41) is 7.60. The van der Waals surface area contributed by atoms with Crippen molar-refractivity contribution in [1.82, 2.24) is 4.57 Å². The van der Waals surface area contributed by atoms with Crippen molar-refractivity contribution in [1.29, 1.82) is 0 Å². The van der Waals surface area contributed by atoms with E-state index < -0.39 is 0 Å². The molecule has 248 valence electrons. The highest BCUT2D eigenvalue weighted by atomic mass is 15.2. The molecule has 1 heterocycles. The third-order valence-corrected chi connectivity index (χ3v) is 11.0.